The highest BCUT2D eigenvalue weighted by molar-refractivity contribution is 9.11. The van der Waals surface area contributed by atoms with Gasteiger partial charge in [-0.05, 0) is 50.1 Å². The summed E-state index contributed by atoms with van der Waals surface area (Å²) in [5.41, 5.74) is 0.787. The Labute approximate surface area is 113 Å². The Bertz CT molecular complexity index is 580. The van der Waals surface area contributed by atoms with Gasteiger partial charge in [-0.1, -0.05) is 10.3 Å². The average Bonchev–Trinajstić information content (AvgIpc) is 2.65. The monoisotopic (exact) mass is 364 g/mol. The zero-order valence-corrected chi connectivity index (χ0v) is 12.1. The molecule has 0 radical (unpaired) electrons. The number of hydrogen-bond acceptors (Lipinski definition) is 4. The van der Waals surface area contributed by atoms with Gasteiger partial charge in [0.1, 0.15) is 5.75 Å². The van der Waals surface area contributed by atoms with Gasteiger partial charge in [-0.15, -0.1) is 0 Å². The van der Waals surface area contributed by atoms with E-state index in [-0.39, 0.29) is 0 Å². The van der Waals surface area contributed by atoms with Crippen LogP contribution in [-0.2, 0) is 0 Å². The molecular formula is C8H6Br2N4OS. The van der Waals surface area contributed by atoms with Gasteiger partial charge in [0.25, 0.3) is 0 Å². The highest BCUT2D eigenvalue weighted by Crippen LogP contribution is 2.33. The molecule has 84 valence electrons. The summed E-state index contributed by atoms with van der Waals surface area (Å²) >= 11 is 11.9. The SMILES string of the molecule is COc1cc(-n2[nH]nnc2=S)c(Br)cc1Br. The van der Waals surface area contributed by atoms with Crippen molar-refractivity contribution in [2.45, 2.75) is 0 Å². The van der Waals surface area contributed by atoms with E-state index in [1.165, 1.54) is 0 Å². The number of benzene rings is 1. The Morgan fingerprint density at radius 1 is 1.38 bits per heavy atom. The topological polar surface area (TPSA) is 55.7 Å². The van der Waals surface area contributed by atoms with Crippen LogP contribution < -0.4 is 4.74 Å². The predicted octanol–water partition coefficient (Wildman–Crippen LogP) is 2.86. The number of rotatable bonds is 2. The first-order valence-corrected chi connectivity index (χ1v) is 6.16. The number of H-pyrrole nitrogens is 1. The molecule has 5 nitrogen and oxygen atoms in total. The van der Waals surface area contributed by atoms with Crippen molar-refractivity contribution in [2.75, 3.05) is 7.11 Å². The van der Waals surface area contributed by atoms with Gasteiger partial charge < -0.3 is 4.74 Å². The number of halogens is 2. The lowest BCUT2D eigenvalue weighted by Crippen LogP contribution is -1.99. The zero-order chi connectivity index (χ0) is 11.7. The maximum atomic E-state index is 5.21. The highest BCUT2D eigenvalue weighted by atomic mass is 79.9. The molecule has 0 bridgehead atoms. The van der Waals surface area contributed by atoms with Gasteiger partial charge in [-0.3, -0.25) is 0 Å². The van der Waals surface area contributed by atoms with Crippen molar-refractivity contribution in [3.05, 3.63) is 25.8 Å². The van der Waals surface area contributed by atoms with Gasteiger partial charge in [0.2, 0.25) is 4.77 Å². The molecule has 1 aromatic carbocycles. The number of nitrogens with one attached hydrogen (secondary N) is 1. The van der Waals surface area contributed by atoms with Crippen LogP contribution in [0.2, 0.25) is 0 Å². The van der Waals surface area contributed by atoms with Crippen LogP contribution in [0.5, 0.6) is 5.75 Å². The molecule has 0 unspecified atom stereocenters. The molecule has 0 saturated heterocycles. The molecule has 0 fully saturated rings. The first kappa shape index (κ1) is 11.7. The van der Waals surface area contributed by atoms with Gasteiger partial charge in [0.05, 0.1) is 17.3 Å². The molecule has 0 amide bonds. The van der Waals surface area contributed by atoms with Crippen LogP contribution in [-0.4, -0.2) is 27.3 Å². The van der Waals surface area contributed by atoms with Crippen LogP contribution in [0.1, 0.15) is 0 Å². The summed E-state index contributed by atoms with van der Waals surface area (Å²) in [6, 6.07) is 3.70. The van der Waals surface area contributed by atoms with Crippen molar-refractivity contribution in [3.8, 4) is 11.4 Å². The molecule has 1 N–H and O–H groups in total. The third-order valence-electron chi connectivity index (χ3n) is 1.93. The van der Waals surface area contributed by atoms with Crippen molar-refractivity contribution >= 4 is 44.1 Å². The van der Waals surface area contributed by atoms with E-state index in [2.05, 4.69) is 47.4 Å². The van der Waals surface area contributed by atoms with Crippen LogP contribution in [0.25, 0.3) is 5.69 Å². The van der Waals surface area contributed by atoms with Crippen LogP contribution in [0.15, 0.2) is 21.1 Å². The molecule has 1 heterocycles. The van der Waals surface area contributed by atoms with Crippen molar-refractivity contribution in [2.24, 2.45) is 0 Å². The molecular weight excluding hydrogens is 360 g/mol. The van der Waals surface area contributed by atoms with E-state index in [9.17, 15) is 0 Å². The summed E-state index contributed by atoms with van der Waals surface area (Å²) in [7, 11) is 1.60. The Kier molecular flexibility index (Phi) is 3.41. The summed E-state index contributed by atoms with van der Waals surface area (Å²) in [5.74, 6) is 0.703. The van der Waals surface area contributed by atoms with E-state index >= 15 is 0 Å². The van der Waals surface area contributed by atoms with Gasteiger partial charge in [0, 0.05) is 10.5 Å². The molecule has 0 saturated carbocycles. The largest absolute Gasteiger partial charge is 0.495 e. The standard InChI is InChI=1S/C8H6Br2N4OS/c1-15-7-3-6(4(9)2-5(7)10)14-8(16)11-12-13-14/h2-3H,1H3,(H,11,13,16). The molecule has 0 aliphatic heterocycles. The van der Waals surface area contributed by atoms with Crippen LogP contribution in [0.4, 0.5) is 0 Å². The minimum atomic E-state index is 0.352. The third kappa shape index (κ3) is 2.04. The van der Waals surface area contributed by atoms with Gasteiger partial charge in [-0.25, -0.2) is 4.68 Å². The number of hydrogen-bond donors (Lipinski definition) is 1. The van der Waals surface area contributed by atoms with Crippen LogP contribution >= 0.6 is 44.1 Å². The second kappa shape index (κ2) is 4.64. The second-order valence-electron chi connectivity index (χ2n) is 2.86. The summed E-state index contributed by atoms with van der Waals surface area (Å²) in [5, 5.41) is 10.0. The minimum Gasteiger partial charge on any atom is -0.495 e. The summed E-state index contributed by atoms with van der Waals surface area (Å²) in [4.78, 5) is 0. The quantitative estimate of drug-likeness (QED) is 0.831. The molecule has 2 aromatic rings. The van der Waals surface area contributed by atoms with Crippen molar-refractivity contribution < 1.29 is 4.74 Å². The number of aromatic amines is 1. The molecule has 0 atom stereocenters. The third-order valence-corrected chi connectivity index (χ3v) is 3.45. The normalized spacial score (nSPS) is 10.4. The number of ether oxygens (including phenoxy) is 1. The average molecular weight is 366 g/mol. The number of tetrazole rings is 1. The van der Waals surface area contributed by atoms with Gasteiger partial charge in [0.15, 0.2) is 0 Å². The summed E-state index contributed by atoms with van der Waals surface area (Å²) in [6.45, 7) is 0. The lowest BCUT2D eigenvalue weighted by Gasteiger charge is -2.08. The maximum absolute atomic E-state index is 5.21. The first-order valence-electron chi connectivity index (χ1n) is 4.17. The minimum absolute atomic E-state index is 0.352. The Hall–Kier alpha value is -0.730. The first-order chi connectivity index (χ1) is 7.63. The van der Waals surface area contributed by atoms with Crippen molar-refractivity contribution in [1.29, 1.82) is 0 Å². The number of aromatic nitrogens is 4. The smallest absolute Gasteiger partial charge is 0.242 e. The zero-order valence-electron chi connectivity index (χ0n) is 8.07. The van der Waals surface area contributed by atoms with Crippen molar-refractivity contribution in [1.82, 2.24) is 20.2 Å². The fourth-order valence-electron chi connectivity index (χ4n) is 1.20. The maximum Gasteiger partial charge on any atom is 0.242 e. The number of nitrogens with zero attached hydrogens (tertiary/aromatic N) is 3. The summed E-state index contributed by atoms with van der Waals surface area (Å²) in [6.07, 6.45) is 0. The molecule has 2 rings (SSSR count). The second-order valence-corrected chi connectivity index (χ2v) is 4.93. The van der Waals surface area contributed by atoms with E-state index in [4.69, 9.17) is 17.0 Å². The Morgan fingerprint density at radius 2 is 2.12 bits per heavy atom. The molecule has 8 heteroatoms. The lowest BCUT2D eigenvalue weighted by molar-refractivity contribution is 0.411. The predicted molar refractivity (Wildman–Crippen MR) is 68.5 cm³/mol. The Morgan fingerprint density at radius 3 is 2.69 bits per heavy atom. The lowest BCUT2D eigenvalue weighted by atomic mass is 10.3. The fourth-order valence-corrected chi connectivity index (χ4v) is 2.71. The molecule has 0 aliphatic carbocycles. The molecule has 0 spiro atoms. The van der Waals surface area contributed by atoms with E-state index in [0.717, 1.165) is 14.6 Å². The van der Waals surface area contributed by atoms with E-state index in [0.29, 0.717) is 10.5 Å². The van der Waals surface area contributed by atoms with E-state index in [1.54, 1.807) is 11.8 Å². The fraction of sp³-hybridized carbons (Fsp3) is 0.125. The summed E-state index contributed by atoms with van der Waals surface area (Å²) < 4.78 is 8.84. The van der Waals surface area contributed by atoms with Crippen molar-refractivity contribution in [3.63, 3.8) is 0 Å². The highest BCUT2D eigenvalue weighted by Gasteiger charge is 2.10. The van der Waals surface area contributed by atoms with Gasteiger partial charge in [-0.2, -0.15) is 5.21 Å². The van der Waals surface area contributed by atoms with E-state index in [1.807, 2.05) is 12.1 Å². The number of methoxy groups -OCH3 is 1. The van der Waals surface area contributed by atoms with Crippen LogP contribution in [0, 0.1) is 4.77 Å². The van der Waals surface area contributed by atoms with E-state index < -0.39 is 0 Å². The Balaban J connectivity index is 2.66. The van der Waals surface area contributed by atoms with Crippen LogP contribution in [0.3, 0.4) is 0 Å². The molecule has 0 aliphatic rings. The molecule has 16 heavy (non-hydrogen) atoms. The van der Waals surface area contributed by atoms with Gasteiger partial charge >= 0.3 is 0 Å². The molecule has 1 aromatic heterocycles.